The lowest BCUT2D eigenvalue weighted by Crippen LogP contribution is -2.50. The van der Waals surface area contributed by atoms with E-state index < -0.39 is 41.3 Å². The third kappa shape index (κ3) is 9.62. The van der Waals surface area contributed by atoms with Crippen molar-refractivity contribution in [1.82, 2.24) is 10.6 Å². The van der Waals surface area contributed by atoms with Crippen molar-refractivity contribution in [3.8, 4) is 0 Å². The highest BCUT2D eigenvalue weighted by molar-refractivity contribution is 5.94. The minimum atomic E-state index is -4.48. The Bertz CT molecular complexity index is 741. The summed E-state index contributed by atoms with van der Waals surface area (Å²) in [4.78, 5) is 36.4. The van der Waals surface area contributed by atoms with Gasteiger partial charge in [-0.25, -0.2) is 4.79 Å². The number of benzene rings is 1. The number of rotatable bonds is 7. The summed E-state index contributed by atoms with van der Waals surface area (Å²) in [6.45, 7) is 8.43. The average molecular weight is 431 g/mol. The van der Waals surface area contributed by atoms with Crippen molar-refractivity contribution in [2.75, 3.05) is 11.9 Å². The molecule has 0 heterocycles. The van der Waals surface area contributed by atoms with Gasteiger partial charge in [-0.15, -0.1) is 0 Å². The van der Waals surface area contributed by atoms with Gasteiger partial charge in [0.15, 0.2) is 0 Å². The maximum Gasteiger partial charge on any atom is 0.416 e. The van der Waals surface area contributed by atoms with Crippen LogP contribution in [0.4, 0.5) is 23.7 Å². The Morgan fingerprint density at radius 1 is 1.03 bits per heavy atom. The Labute approximate surface area is 173 Å². The summed E-state index contributed by atoms with van der Waals surface area (Å²) in [7, 11) is 0. The quantitative estimate of drug-likeness (QED) is 0.574. The number of nitrogens with one attached hydrogen (secondary N) is 3. The molecule has 1 aromatic rings. The second-order valence-corrected chi connectivity index (χ2v) is 8.16. The Kier molecular flexibility index (Phi) is 8.68. The molecule has 168 valence electrons. The number of hydrogen-bond donors (Lipinski definition) is 3. The average Bonchev–Trinajstić information content (AvgIpc) is 2.56. The molecule has 3 amide bonds. The topological polar surface area (TPSA) is 96.5 Å². The van der Waals surface area contributed by atoms with Crippen LogP contribution in [0, 0.1) is 5.92 Å². The SMILES string of the molecule is CC(C)CC(NC(=O)Nc1ccc(C(F)(F)F)cc1)C(=O)NCC(=O)OC(C)(C)C. The van der Waals surface area contributed by atoms with Crippen LogP contribution in [0.25, 0.3) is 0 Å². The van der Waals surface area contributed by atoms with Gasteiger partial charge in [0.2, 0.25) is 5.91 Å². The minimum absolute atomic E-state index is 0.0497. The number of carbonyl (C=O) groups is 3. The number of halogens is 3. The van der Waals surface area contributed by atoms with Crippen molar-refractivity contribution < 1.29 is 32.3 Å². The predicted molar refractivity (Wildman–Crippen MR) is 106 cm³/mol. The highest BCUT2D eigenvalue weighted by Crippen LogP contribution is 2.29. The van der Waals surface area contributed by atoms with Gasteiger partial charge in [0, 0.05) is 5.69 Å². The summed E-state index contributed by atoms with van der Waals surface area (Å²) in [5, 5.41) is 7.29. The Morgan fingerprint density at radius 2 is 1.60 bits per heavy atom. The molecule has 10 heteroatoms. The molecule has 0 spiro atoms. The first-order valence-electron chi connectivity index (χ1n) is 9.41. The number of alkyl halides is 3. The lowest BCUT2D eigenvalue weighted by molar-refractivity contribution is -0.154. The van der Waals surface area contributed by atoms with Crippen molar-refractivity contribution >= 4 is 23.6 Å². The predicted octanol–water partition coefficient (Wildman–Crippen LogP) is 3.70. The van der Waals surface area contributed by atoms with E-state index in [2.05, 4.69) is 16.0 Å². The van der Waals surface area contributed by atoms with E-state index in [1.807, 2.05) is 13.8 Å². The van der Waals surface area contributed by atoms with Crippen LogP contribution < -0.4 is 16.0 Å². The molecule has 0 aliphatic carbocycles. The van der Waals surface area contributed by atoms with Gasteiger partial charge in [-0.05, 0) is 57.4 Å². The van der Waals surface area contributed by atoms with Crippen LogP contribution in [-0.2, 0) is 20.5 Å². The van der Waals surface area contributed by atoms with Crippen LogP contribution in [0.5, 0.6) is 0 Å². The number of ether oxygens (including phenoxy) is 1. The summed E-state index contributed by atoms with van der Waals surface area (Å²) >= 11 is 0. The zero-order chi connectivity index (χ0) is 23.1. The summed E-state index contributed by atoms with van der Waals surface area (Å²) in [6.07, 6.45) is -4.18. The number of carbonyl (C=O) groups excluding carboxylic acids is 3. The molecule has 0 bridgehead atoms. The summed E-state index contributed by atoms with van der Waals surface area (Å²) in [6, 6.07) is 2.21. The molecule has 1 aromatic carbocycles. The first-order chi connectivity index (χ1) is 13.7. The molecule has 3 N–H and O–H groups in total. The molecule has 30 heavy (non-hydrogen) atoms. The fraction of sp³-hybridized carbons (Fsp3) is 0.550. The third-order valence-corrected chi connectivity index (χ3v) is 3.63. The molecule has 1 unspecified atom stereocenters. The van der Waals surface area contributed by atoms with E-state index in [0.29, 0.717) is 6.42 Å². The van der Waals surface area contributed by atoms with Crippen molar-refractivity contribution in [3.05, 3.63) is 29.8 Å². The Hall–Kier alpha value is -2.78. The Morgan fingerprint density at radius 3 is 2.07 bits per heavy atom. The number of hydrogen-bond acceptors (Lipinski definition) is 4. The monoisotopic (exact) mass is 431 g/mol. The van der Waals surface area contributed by atoms with Gasteiger partial charge in [0.05, 0.1) is 5.56 Å². The van der Waals surface area contributed by atoms with Crippen molar-refractivity contribution in [2.24, 2.45) is 5.92 Å². The van der Waals surface area contributed by atoms with Crippen molar-refractivity contribution in [2.45, 2.75) is 58.9 Å². The van der Waals surface area contributed by atoms with E-state index in [1.54, 1.807) is 20.8 Å². The maximum absolute atomic E-state index is 12.6. The third-order valence-electron chi connectivity index (χ3n) is 3.63. The zero-order valence-electron chi connectivity index (χ0n) is 17.6. The summed E-state index contributed by atoms with van der Waals surface area (Å²) in [5.41, 5.74) is -1.40. The molecule has 1 atom stereocenters. The number of esters is 1. The molecule has 7 nitrogen and oxygen atoms in total. The van der Waals surface area contributed by atoms with Gasteiger partial charge in [-0.3, -0.25) is 9.59 Å². The van der Waals surface area contributed by atoms with Gasteiger partial charge in [-0.2, -0.15) is 13.2 Å². The number of anilines is 1. The molecular formula is C20H28F3N3O4. The molecule has 0 aliphatic heterocycles. The lowest BCUT2D eigenvalue weighted by Gasteiger charge is -2.22. The van der Waals surface area contributed by atoms with E-state index in [0.717, 1.165) is 24.3 Å². The number of amides is 3. The largest absolute Gasteiger partial charge is 0.459 e. The van der Waals surface area contributed by atoms with Gasteiger partial charge >= 0.3 is 18.2 Å². The minimum Gasteiger partial charge on any atom is -0.459 e. The van der Waals surface area contributed by atoms with E-state index >= 15 is 0 Å². The fourth-order valence-electron chi connectivity index (χ4n) is 2.43. The second-order valence-electron chi connectivity index (χ2n) is 8.16. The van der Waals surface area contributed by atoms with Crippen LogP contribution in [0.15, 0.2) is 24.3 Å². The van der Waals surface area contributed by atoms with Crippen LogP contribution in [0.2, 0.25) is 0 Å². The maximum atomic E-state index is 12.6. The highest BCUT2D eigenvalue weighted by Gasteiger charge is 2.30. The molecule has 0 fully saturated rings. The standard InChI is InChI=1S/C20H28F3N3O4/c1-12(2)10-15(17(28)24-11-16(27)30-19(3,4)5)26-18(29)25-14-8-6-13(7-9-14)20(21,22)23/h6-9,12,15H,10-11H2,1-5H3,(H,24,28)(H2,25,26,29). The molecule has 0 aromatic heterocycles. The van der Waals surface area contributed by atoms with Crippen LogP contribution in [-0.4, -0.2) is 36.1 Å². The molecule has 0 radical (unpaired) electrons. The van der Waals surface area contributed by atoms with Gasteiger partial charge in [-0.1, -0.05) is 13.8 Å². The van der Waals surface area contributed by atoms with Crippen LogP contribution in [0.1, 0.15) is 46.6 Å². The molecule has 1 rings (SSSR count). The number of urea groups is 1. The van der Waals surface area contributed by atoms with E-state index in [1.165, 1.54) is 0 Å². The van der Waals surface area contributed by atoms with Gasteiger partial charge in [0.1, 0.15) is 18.2 Å². The van der Waals surface area contributed by atoms with Crippen molar-refractivity contribution in [3.63, 3.8) is 0 Å². The van der Waals surface area contributed by atoms with E-state index in [9.17, 15) is 27.6 Å². The zero-order valence-corrected chi connectivity index (χ0v) is 17.6. The van der Waals surface area contributed by atoms with Crippen LogP contribution >= 0.6 is 0 Å². The molecule has 0 saturated heterocycles. The molecule has 0 saturated carbocycles. The van der Waals surface area contributed by atoms with Crippen molar-refractivity contribution in [1.29, 1.82) is 0 Å². The Balaban J connectivity index is 2.69. The van der Waals surface area contributed by atoms with Gasteiger partial charge in [0.25, 0.3) is 0 Å². The second kappa shape index (κ2) is 10.3. The summed E-state index contributed by atoms with van der Waals surface area (Å²) < 4.78 is 42.9. The lowest BCUT2D eigenvalue weighted by atomic mass is 10.0. The van der Waals surface area contributed by atoms with E-state index in [-0.39, 0.29) is 18.2 Å². The fourth-order valence-corrected chi connectivity index (χ4v) is 2.43. The molecular weight excluding hydrogens is 403 g/mol. The molecule has 0 aliphatic rings. The van der Waals surface area contributed by atoms with Gasteiger partial charge < -0.3 is 20.7 Å². The van der Waals surface area contributed by atoms with Crippen LogP contribution in [0.3, 0.4) is 0 Å². The van der Waals surface area contributed by atoms with E-state index in [4.69, 9.17) is 4.74 Å². The first-order valence-corrected chi connectivity index (χ1v) is 9.41. The summed E-state index contributed by atoms with van der Waals surface area (Å²) in [5.74, 6) is -1.14. The highest BCUT2D eigenvalue weighted by atomic mass is 19.4. The smallest absolute Gasteiger partial charge is 0.416 e. The first kappa shape index (κ1) is 25.3. The normalized spacial score (nSPS) is 12.8.